The summed E-state index contributed by atoms with van der Waals surface area (Å²) in [5.74, 6) is -1.88. The summed E-state index contributed by atoms with van der Waals surface area (Å²) in [6.07, 6.45) is 2.54. The van der Waals surface area contributed by atoms with E-state index in [1.807, 2.05) is 6.07 Å². The van der Waals surface area contributed by atoms with Crippen LogP contribution in [0, 0.1) is 17.1 Å². The Balaban J connectivity index is 2.36. The number of hydrogen-bond acceptors (Lipinski definition) is 3. The number of aromatic nitrogens is 1. The molecule has 6 heteroatoms. The fourth-order valence-electron chi connectivity index (χ4n) is 1.73. The monoisotopic (exact) mass is 272 g/mol. The van der Waals surface area contributed by atoms with Gasteiger partial charge in [-0.1, -0.05) is 6.07 Å². The van der Waals surface area contributed by atoms with Gasteiger partial charge in [0.1, 0.15) is 11.4 Å². The molecule has 1 heterocycles. The Morgan fingerprint density at radius 2 is 2.15 bits per heavy atom. The number of nitrogens with zero attached hydrogens (tertiary/aromatic N) is 2. The van der Waals surface area contributed by atoms with Gasteiger partial charge in [0.05, 0.1) is 11.6 Å². The second-order valence-corrected chi connectivity index (χ2v) is 4.12. The molecule has 0 aliphatic rings. The van der Waals surface area contributed by atoms with Crippen LogP contribution in [-0.4, -0.2) is 15.6 Å². The Hall–Kier alpha value is -2.94. The van der Waals surface area contributed by atoms with Crippen LogP contribution in [0.1, 0.15) is 21.5 Å². The molecule has 20 heavy (non-hydrogen) atoms. The van der Waals surface area contributed by atoms with Crippen molar-refractivity contribution < 1.29 is 14.3 Å². The van der Waals surface area contributed by atoms with Crippen LogP contribution < -0.4 is 5.43 Å². The quantitative estimate of drug-likeness (QED) is 0.920. The van der Waals surface area contributed by atoms with Crippen molar-refractivity contribution >= 4 is 5.97 Å². The topological polar surface area (TPSA) is 83.1 Å². The Morgan fingerprint density at radius 1 is 1.40 bits per heavy atom. The van der Waals surface area contributed by atoms with Gasteiger partial charge in [0, 0.05) is 30.6 Å². The fourth-order valence-corrected chi connectivity index (χ4v) is 1.73. The van der Waals surface area contributed by atoms with Crippen LogP contribution in [-0.2, 0) is 6.54 Å². The molecule has 0 unspecified atom stereocenters. The van der Waals surface area contributed by atoms with Gasteiger partial charge in [0.2, 0.25) is 0 Å². The lowest BCUT2D eigenvalue weighted by molar-refractivity contribution is 0.0694. The molecule has 1 aromatic heterocycles. The van der Waals surface area contributed by atoms with Crippen molar-refractivity contribution in [2.75, 3.05) is 0 Å². The first-order valence-corrected chi connectivity index (χ1v) is 5.63. The van der Waals surface area contributed by atoms with E-state index in [1.165, 1.54) is 22.9 Å². The molecule has 0 bridgehead atoms. The number of hydrogen-bond donors (Lipinski definition) is 1. The molecule has 1 N–H and O–H groups in total. The number of rotatable bonds is 3. The standard InChI is InChI=1S/C14H9FN2O3/c15-12-5-9(6-16)1-2-10(12)7-17-4-3-13(18)11(8-17)14(19)20/h1-5,8H,7H2,(H,19,20). The minimum atomic E-state index is -1.33. The first kappa shape index (κ1) is 13.5. The molecule has 0 aliphatic carbocycles. The maximum absolute atomic E-state index is 13.7. The Morgan fingerprint density at radius 3 is 2.75 bits per heavy atom. The molecule has 100 valence electrons. The fraction of sp³-hybridized carbons (Fsp3) is 0.0714. The number of benzene rings is 1. The summed E-state index contributed by atoms with van der Waals surface area (Å²) < 4.78 is 15.1. The molecule has 0 spiro atoms. The summed E-state index contributed by atoms with van der Waals surface area (Å²) >= 11 is 0. The van der Waals surface area contributed by atoms with Gasteiger partial charge in [-0.3, -0.25) is 4.79 Å². The Kier molecular flexibility index (Phi) is 3.62. The van der Waals surface area contributed by atoms with E-state index in [0.29, 0.717) is 5.56 Å². The lowest BCUT2D eigenvalue weighted by Gasteiger charge is -2.08. The highest BCUT2D eigenvalue weighted by molar-refractivity contribution is 5.86. The van der Waals surface area contributed by atoms with Crippen LogP contribution in [0.4, 0.5) is 4.39 Å². The zero-order chi connectivity index (χ0) is 14.7. The number of halogens is 1. The number of carbonyl (C=O) groups is 1. The maximum Gasteiger partial charge on any atom is 0.341 e. The van der Waals surface area contributed by atoms with Crippen molar-refractivity contribution in [1.82, 2.24) is 4.57 Å². The van der Waals surface area contributed by atoms with Crippen molar-refractivity contribution in [2.45, 2.75) is 6.54 Å². The van der Waals surface area contributed by atoms with Gasteiger partial charge in [-0.2, -0.15) is 5.26 Å². The molecule has 0 saturated heterocycles. The smallest absolute Gasteiger partial charge is 0.341 e. The minimum Gasteiger partial charge on any atom is -0.477 e. The van der Waals surface area contributed by atoms with E-state index >= 15 is 0 Å². The Bertz CT molecular complexity index is 775. The lowest BCUT2D eigenvalue weighted by atomic mass is 10.1. The van der Waals surface area contributed by atoms with Crippen LogP contribution in [0.15, 0.2) is 41.5 Å². The van der Waals surface area contributed by atoms with Gasteiger partial charge in [0.15, 0.2) is 5.43 Å². The lowest BCUT2D eigenvalue weighted by Crippen LogP contribution is -2.17. The highest BCUT2D eigenvalue weighted by Crippen LogP contribution is 2.11. The Labute approximate surface area is 113 Å². The van der Waals surface area contributed by atoms with E-state index in [1.54, 1.807) is 0 Å². The van der Waals surface area contributed by atoms with Gasteiger partial charge in [-0.05, 0) is 12.1 Å². The number of nitriles is 1. The van der Waals surface area contributed by atoms with E-state index in [2.05, 4.69) is 0 Å². The number of pyridine rings is 1. The number of aromatic carboxylic acids is 1. The maximum atomic E-state index is 13.7. The normalized spacial score (nSPS) is 10.0. The molecule has 5 nitrogen and oxygen atoms in total. The number of carboxylic acids is 1. The summed E-state index contributed by atoms with van der Waals surface area (Å²) in [5, 5.41) is 17.5. The van der Waals surface area contributed by atoms with Crippen LogP contribution in [0.5, 0.6) is 0 Å². The molecule has 2 aromatic rings. The molecule has 1 aromatic carbocycles. The minimum absolute atomic E-state index is 0.0676. The van der Waals surface area contributed by atoms with Crippen LogP contribution >= 0.6 is 0 Å². The van der Waals surface area contributed by atoms with Gasteiger partial charge in [-0.15, -0.1) is 0 Å². The average Bonchev–Trinajstić information content (AvgIpc) is 2.42. The third-order valence-electron chi connectivity index (χ3n) is 2.74. The molecule has 0 radical (unpaired) electrons. The SMILES string of the molecule is N#Cc1ccc(Cn2ccc(=O)c(C(=O)O)c2)c(F)c1. The third-order valence-corrected chi connectivity index (χ3v) is 2.74. The van der Waals surface area contributed by atoms with E-state index in [9.17, 15) is 14.0 Å². The molecule has 0 atom stereocenters. The van der Waals surface area contributed by atoms with Gasteiger partial charge >= 0.3 is 5.97 Å². The second-order valence-electron chi connectivity index (χ2n) is 4.12. The summed E-state index contributed by atoms with van der Waals surface area (Å²) in [6, 6.07) is 6.97. The zero-order valence-corrected chi connectivity index (χ0v) is 10.2. The summed E-state index contributed by atoms with van der Waals surface area (Å²) in [6.45, 7) is 0.0676. The van der Waals surface area contributed by atoms with Gasteiger partial charge < -0.3 is 9.67 Å². The van der Waals surface area contributed by atoms with Crippen molar-refractivity contribution in [3.8, 4) is 6.07 Å². The molecule has 0 amide bonds. The third kappa shape index (κ3) is 2.72. The first-order chi connectivity index (χ1) is 9.51. The van der Waals surface area contributed by atoms with E-state index in [0.717, 1.165) is 18.3 Å². The van der Waals surface area contributed by atoms with Crippen molar-refractivity contribution in [1.29, 1.82) is 5.26 Å². The predicted molar refractivity (Wildman–Crippen MR) is 67.9 cm³/mol. The van der Waals surface area contributed by atoms with Crippen LogP contribution in [0.3, 0.4) is 0 Å². The van der Waals surface area contributed by atoms with Crippen LogP contribution in [0.25, 0.3) is 0 Å². The zero-order valence-electron chi connectivity index (χ0n) is 10.2. The second kappa shape index (κ2) is 5.36. The summed E-state index contributed by atoms with van der Waals surface area (Å²) in [5.41, 5.74) is -0.475. The largest absolute Gasteiger partial charge is 0.477 e. The van der Waals surface area contributed by atoms with Crippen molar-refractivity contribution in [3.05, 3.63) is 69.4 Å². The van der Waals surface area contributed by atoms with Crippen molar-refractivity contribution in [3.63, 3.8) is 0 Å². The highest BCUT2D eigenvalue weighted by Gasteiger charge is 2.10. The van der Waals surface area contributed by atoms with E-state index in [4.69, 9.17) is 10.4 Å². The summed E-state index contributed by atoms with van der Waals surface area (Å²) in [7, 11) is 0. The van der Waals surface area contributed by atoms with Crippen molar-refractivity contribution in [2.24, 2.45) is 0 Å². The average molecular weight is 272 g/mol. The molecular formula is C14H9FN2O3. The van der Waals surface area contributed by atoms with Gasteiger partial charge in [0.25, 0.3) is 0 Å². The van der Waals surface area contributed by atoms with Crippen LogP contribution in [0.2, 0.25) is 0 Å². The molecular weight excluding hydrogens is 263 g/mol. The summed E-state index contributed by atoms with van der Waals surface area (Å²) in [4.78, 5) is 22.2. The van der Waals surface area contributed by atoms with Gasteiger partial charge in [-0.25, -0.2) is 9.18 Å². The predicted octanol–water partition coefficient (Wildman–Crippen LogP) is 1.61. The van der Waals surface area contributed by atoms with E-state index in [-0.39, 0.29) is 17.7 Å². The first-order valence-electron chi connectivity index (χ1n) is 5.63. The highest BCUT2D eigenvalue weighted by atomic mass is 19.1. The molecule has 2 rings (SSSR count). The van der Waals surface area contributed by atoms with E-state index < -0.39 is 17.2 Å². The molecule has 0 saturated carbocycles. The molecule has 0 fully saturated rings. The molecule has 0 aliphatic heterocycles. The number of carboxylic acid groups (broad SMARTS) is 1.